The Bertz CT molecular complexity index is 417. The number of hydrogen-bond acceptors (Lipinski definition) is 2. The first kappa shape index (κ1) is 10.9. The zero-order valence-corrected chi connectivity index (χ0v) is 9.38. The van der Waals surface area contributed by atoms with E-state index in [9.17, 15) is 9.18 Å². The van der Waals surface area contributed by atoms with Gasteiger partial charge in [0.05, 0.1) is 11.4 Å². The Morgan fingerprint density at radius 2 is 2.12 bits per heavy atom. The van der Waals surface area contributed by atoms with Crippen LogP contribution in [0.15, 0.2) is 18.2 Å². The fraction of sp³-hybridized carbons (Fsp3) is 0.417. The molecule has 1 atom stereocenters. The highest BCUT2D eigenvalue weighted by atomic mass is 19.1. The molecular weight excluding hydrogens is 207 g/mol. The van der Waals surface area contributed by atoms with Crippen LogP contribution < -0.4 is 10.6 Å². The molecule has 0 saturated heterocycles. The van der Waals surface area contributed by atoms with Crippen molar-refractivity contribution in [3.05, 3.63) is 24.0 Å². The Balaban J connectivity index is 2.36. The summed E-state index contributed by atoms with van der Waals surface area (Å²) in [4.78, 5) is 11.6. The Morgan fingerprint density at radius 3 is 2.81 bits per heavy atom. The van der Waals surface area contributed by atoms with Crippen molar-refractivity contribution in [1.29, 1.82) is 0 Å². The number of fused-ring (bicyclic) bond motifs is 1. The van der Waals surface area contributed by atoms with E-state index < -0.39 is 0 Å². The van der Waals surface area contributed by atoms with Crippen LogP contribution in [0, 0.1) is 11.7 Å². The molecule has 0 aliphatic carbocycles. The van der Waals surface area contributed by atoms with Crippen molar-refractivity contribution < 1.29 is 9.18 Å². The highest BCUT2D eigenvalue weighted by molar-refractivity contribution is 5.96. The van der Waals surface area contributed by atoms with Gasteiger partial charge in [0.2, 0.25) is 5.91 Å². The summed E-state index contributed by atoms with van der Waals surface area (Å²) in [6, 6.07) is 4.38. The Hall–Kier alpha value is -1.58. The maximum atomic E-state index is 13.1. The summed E-state index contributed by atoms with van der Waals surface area (Å²) in [5.41, 5.74) is 1.30. The smallest absolute Gasteiger partial charge is 0.226 e. The fourth-order valence-corrected chi connectivity index (χ4v) is 1.80. The van der Waals surface area contributed by atoms with Gasteiger partial charge in [0, 0.05) is 12.5 Å². The topological polar surface area (TPSA) is 41.1 Å². The zero-order chi connectivity index (χ0) is 11.7. The second kappa shape index (κ2) is 4.12. The molecule has 0 spiro atoms. The minimum absolute atomic E-state index is 0.0310. The Morgan fingerprint density at radius 1 is 1.38 bits per heavy atom. The lowest BCUT2D eigenvalue weighted by atomic mass is 10.0. The molecule has 1 aliphatic heterocycles. The molecule has 1 amide bonds. The first-order chi connectivity index (χ1) is 7.56. The SMILES string of the molecule is CC(C)C1CC(=O)Nc2ccc(F)cc2N1. The van der Waals surface area contributed by atoms with Crippen molar-refractivity contribution in [1.82, 2.24) is 0 Å². The molecule has 1 heterocycles. The van der Waals surface area contributed by atoms with Gasteiger partial charge in [-0.1, -0.05) is 13.8 Å². The lowest BCUT2D eigenvalue weighted by Crippen LogP contribution is -2.27. The van der Waals surface area contributed by atoms with E-state index in [0.717, 1.165) is 0 Å². The van der Waals surface area contributed by atoms with Crippen LogP contribution in [0.3, 0.4) is 0 Å². The molecule has 0 radical (unpaired) electrons. The standard InChI is InChI=1S/C12H15FN2O/c1-7(2)10-6-12(16)15-9-4-3-8(13)5-11(9)14-10/h3-5,7,10,14H,6H2,1-2H3,(H,15,16). The van der Waals surface area contributed by atoms with E-state index in [1.165, 1.54) is 12.1 Å². The normalized spacial score (nSPS) is 19.8. The quantitative estimate of drug-likeness (QED) is 0.766. The van der Waals surface area contributed by atoms with Crippen molar-refractivity contribution in [2.24, 2.45) is 5.92 Å². The number of nitrogens with one attached hydrogen (secondary N) is 2. The number of rotatable bonds is 1. The van der Waals surface area contributed by atoms with Gasteiger partial charge in [-0.3, -0.25) is 4.79 Å². The predicted molar refractivity (Wildman–Crippen MR) is 61.9 cm³/mol. The van der Waals surface area contributed by atoms with Gasteiger partial charge in [0.15, 0.2) is 0 Å². The molecule has 1 aromatic rings. The molecule has 0 saturated carbocycles. The van der Waals surface area contributed by atoms with Crippen molar-refractivity contribution in [2.45, 2.75) is 26.3 Å². The predicted octanol–water partition coefficient (Wildman–Crippen LogP) is 2.60. The van der Waals surface area contributed by atoms with Crippen molar-refractivity contribution in [3.8, 4) is 0 Å². The fourth-order valence-electron chi connectivity index (χ4n) is 1.80. The summed E-state index contributed by atoms with van der Waals surface area (Å²) in [6.07, 6.45) is 0.411. The van der Waals surface area contributed by atoms with Crippen molar-refractivity contribution in [2.75, 3.05) is 10.6 Å². The van der Waals surface area contributed by atoms with Gasteiger partial charge in [0.1, 0.15) is 5.82 Å². The molecule has 4 heteroatoms. The monoisotopic (exact) mass is 222 g/mol. The molecular formula is C12H15FN2O. The van der Waals surface area contributed by atoms with Crippen LogP contribution >= 0.6 is 0 Å². The van der Waals surface area contributed by atoms with Gasteiger partial charge in [-0.25, -0.2) is 4.39 Å². The summed E-state index contributed by atoms with van der Waals surface area (Å²) in [6.45, 7) is 4.07. The number of carbonyl (C=O) groups is 1. The minimum Gasteiger partial charge on any atom is -0.380 e. The zero-order valence-electron chi connectivity index (χ0n) is 9.38. The Labute approximate surface area is 94.0 Å². The van der Waals surface area contributed by atoms with Gasteiger partial charge >= 0.3 is 0 Å². The third-order valence-electron chi connectivity index (χ3n) is 2.81. The van der Waals surface area contributed by atoms with Crippen molar-refractivity contribution in [3.63, 3.8) is 0 Å². The third kappa shape index (κ3) is 2.15. The number of benzene rings is 1. The summed E-state index contributed by atoms with van der Waals surface area (Å²) in [5, 5.41) is 5.97. The average Bonchev–Trinajstić information content (AvgIpc) is 2.36. The minimum atomic E-state index is -0.301. The number of amides is 1. The van der Waals surface area contributed by atoms with Gasteiger partial charge in [-0.05, 0) is 24.1 Å². The van der Waals surface area contributed by atoms with Crippen LogP contribution in [0.2, 0.25) is 0 Å². The molecule has 2 N–H and O–H groups in total. The van der Waals surface area contributed by atoms with E-state index in [-0.39, 0.29) is 17.8 Å². The van der Waals surface area contributed by atoms with Gasteiger partial charge in [-0.15, -0.1) is 0 Å². The maximum Gasteiger partial charge on any atom is 0.226 e. The molecule has 1 aromatic carbocycles. The van der Waals surface area contributed by atoms with E-state index in [2.05, 4.69) is 10.6 Å². The third-order valence-corrected chi connectivity index (χ3v) is 2.81. The highest BCUT2D eigenvalue weighted by Gasteiger charge is 2.23. The largest absolute Gasteiger partial charge is 0.380 e. The van der Waals surface area contributed by atoms with Crippen LogP contribution in [-0.2, 0) is 4.79 Å². The van der Waals surface area contributed by atoms with E-state index in [1.807, 2.05) is 13.8 Å². The molecule has 86 valence electrons. The van der Waals surface area contributed by atoms with E-state index in [0.29, 0.717) is 23.7 Å². The Kier molecular flexibility index (Phi) is 2.81. The number of hydrogen-bond donors (Lipinski definition) is 2. The van der Waals surface area contributed by atoms with Crippen LogP contribution in [0.4, 0.5) is 15.8 Å². The first-order valence-corrected chi connectivity index (χ1v) is 5.42. The number of halogens is 1. The molecule has 0 aromatic heterocycles. The molecule has 1 aliphatic rings. The summed E-state index contributed by atoms with van der Waals surface area (Å²) in [5.74, 6) is -0.0126. The molecule has 0 fully saturated rings. The lowest BCUT2D eigenvalue weighted by molar-refractivity contribution is -0.116. The maximum absolute atomic E-state index is 13.1. The summed E-state index contributed by atoms with van der Waals surface area (Å²) >= 11 is 0. The van der Waals surface area contributed by atoms with Crippen LogP contribution in [0.25, 0.3) is 0 Å². The number of anilines is 2. The van der Waals surface area contributed by atoms with Gasteiger partial charge < -0.3 is 10.6 Å². The molecule has 2 rings (SSSR count). The van der Waals surface area contributed by atoms with Gasteiger partial charge in [0.25, 0.3) is 0 Å². The highest BCUT2D eigenvalue weighted by Crippen LogP contribution is 2.28. The van der Waals surface area contributed by atoms with E-state index >= 15 is 0 Å². The first-order valence-electron chi connectivity index (χ1n) is 5.42. The molecule has 16 heavy (non-hydrogen) atoms. The van der Waals surface area contributed by atoms with Crippen LogP contribution in [0.1, 0.15) is 20.3 Å². The second-order valence-electron chi connectivity index (χ2n) is 4.44. The molecule has 3 nitrogen and oxygen atoms in total. The average molecular weight is 222 g/mol. The van der Waals surface area contributed by atoms with Crippen molar-refractivity contribution >= 4 is 17.3 Å². The lowest BCUT2D eigenvalue weighted by Gasteiger charge is -2.20. The van der Waals surface area contributed by atoms with E-state index in [1.54, 1.807) is 6.07 Å². The molecule has 1 unspecified atom stereocenters. The molecule has 0 bridgehead atoms. The number of carbonyl (C=O) groups excluding carboxylic acids is 1. The van der Waals surface area contributed by atoms with Crippen LogP contribution in [-0.4, -0.2) is 11.9 Å². The summed E-state index contributed by atoms with van der Waals surface area (Å²) in [7, 11) is 0. The summed E-state index contributed by atoms with van der Waals surface area (Å²) < 4.78 is 13.1. The second-order valence-corrected chi connectivity index (χ2v) is 4.44. The van der Waals surface area contributed by atoms with Gasteiger partial charge in [-0.2, -0.15) is 0 Å². The van der Waals surface area contributed by atoms with Crippen LogP contribution in [0.5, 0.6) is 0 Å². The van der Waals surface area contributed by atoms with E-state index in [4.69, 9.17) is 0 Å².